The highest BCUT2D eigenvalue weighted by molar-refractivity contribution is 5.74. The maximum atomic E-state index is 12.5. The lowest BCUT2D eigenvalue weighted by Crippen LogP contribution is -2.52. The molecule has 0 radical (unpaired) electrons. The van der Waals surface area contributed by atoms with Crippen molar-refractivity contribution in [1.29, 1.82) is 0 Å². The van der Waals surface area contributed by atoms with Gasteiger partial charge >= 0.3 is 6.03 Å². The van der Waals surface area contributed by atoms with Gasteiger partial charge in [-0.2, -0.15) is 0 Å². The summed E-state index contributed by atoms with van der Waals surface area (Å²) in [6.45, 7) is 5.24. The number of hydrogen-bond donors (Lipinski definition) is 1. The Morgan fingerprint density at radius 1 is 1.36 bits per heavy atom. The molecule has 3 rings (SSSR count). The monoisotopic (exact) mass is 342 g/mol. The van der Waals surface area contributed by atoms with Crippen LogP contribution in [0.4, 0.5) is 4.79 Å². The molecule has 0 bridgehead atoms. The van der Waals surface area contributed by atoms with E-state index in [1.54, 1.807) is 6.20 Å². The first-order valence-electron chi connectivity index (χ1n) is 8.94. The number of aromatic nitrogens is 2. The lowest BCUT2D eigenvalue weighted by Gasteiger charge is -2.35. The number of benzene rings is 1. The fraction of sp³-hybridized carbons (Fsp3) is 0.474. The van der Waals surface area contributed by atoms with E-state index in [4.69, 9.17) is 4.74 Å². The van der Waals surface area contributed by atoms with Crippen molar-refractivity contribution < 1.29 is 9.53 Å². The number of ether oxygens (including phenoxy) is 1. The summed E-state index contributed by atoms with van der Waals surface area (Å²) in [6, 6.07) is 10.5. The molecule has 0 spiro atoms. The number of rotatable bonds is 6. The van der Waals surface area contributed by atoms with Crippen LogP contribution in [0.25, 0.3) is 0 Å². The van der Waals surface area contributed by atoms with Crippen molar-refractivity contribution in [3.05, 3.63) is 54.1 Å². The Labute approximate surface area is 148 Å². The maximum absolute atomic E-state index is 12.5. The van der Waals surface area contributed by atoms with Crippen molar-refractivity contribution in [3.63, 3.8) is 0 Å². The van der Waals surface area contributed by atoms with Crippen molar-refractivity contribution >= 4 is 6.03 Å². The molecular weight excluding hydrogens is 316 g/mol. The zero-order valence-corrected chi connectivity index (χ0v) is 14.7. The number of carbonyl (C=O) groups excluding carboxylic acids is 1. The van der Waals surface area contributed by atoms with Crippen molar-refractivity contribution in [1.82, 2.24) is 19.8 Å². The fourth-order valence-electron chi connectivity index (χ4n) is 3.12. The summed E-state index contributed by atoms with van der Waals surface area (Å²) in [5.41, 5.74) is 1.30. The predicted molar refractivity (Wildman–Crippen MR) is 96.2 cm³/mol. The Balaban J connectivity index is 1.53. The standard InChI is InChI=1S/C19H26N4O2/c1-2-17-15-25-13-12-23(17)19(24)21-14-18-20-9-11-22(18)10-8-16-6-4-3-5-7-16/h3-7,9,11,17H,2,8,10,12-15H2,1H3,(H,21,24). The minimum atomic E-state index is -0.0345. The molecule has 0 aliphatic carbocycles. The van der Waals surface area contributed by atoms with Crippen LogP contribution in [0, 0.1) is 0 Å². The van der Waals surface area contributed by atoms with Crippen molar-refractivity contribution in [2.75, 3.05) is 19.8 Å². The number of nitrogens with one attached hydrogen (secondary N) is 1. The molecule has 25 heavy (non-hydrogen) atoms. The van der Waals surface area contributed by atoms with Gasteiger partial charge < -0.3 is 19.5 Å². The maximum Gasteiger partial charge on any atom is 0.318 e. The largest absolute Gasteiger partial charge is 0.377 e. The topological polar surface area (TPSA) is 59.4 Å². The van der Waals surface area contributed by atoms with Gasteiger partial charge in [0.15, 0.2) is 0 Å². The lowest BCUT2D eigenvalue weighted by atomic mass is 10.1. The molecule has 1 N–H and O–H groups in total. The van der Waals surface area contributed by atoms with Crippen LogP contribution in [0.5, 0.6) is 0 Å². The number of aryl methyl sites for hydroxylation is 2. The molecule has 1 aliphatic rings. The summed E-state index contributed by atoms with van der Waals surface area (Å²) in [5.74, 6) is 0.880. The molecule has 134 valence electrons. The average molecular weight is 342 g/mol. The average Bonchev–Trinajstić information content (AvgIpc) is 3.12. The molecule has 0 saturated carbocycles. The van der Waals surface area contributed by atoms with Crippen LogP contribution in [-0.2, 0) is 24.2 Å². The first-order chi connectivity index (χ1) is 12.3. The van der Waals surface area contributed by atoms with Crippen molar-refractivity contribution in [2.24, 2.45) is 0 Å². The van der Waals surface area contributed by atoms with Gasteiger partial charge in [-0.1, -0.05) is 37.3 Å². The molecule has 1 fully saturated rings. The van der Waals surface area contributed by atoms with E-state index < -0.39 is 0 Å². The molecule has 1 atom stereocenters. The second-order valence-corrected chi connectivity index (χ2v) is 6.26. The minimum absolute atomic E-state index is 0.0345. The number of hydrogen-bond acceptors (Lipinski definition) is 3. The summed E-state index contributed by atoms with van der Waals surface area (Å²) in [5, 5.41) is 3.01. The highest BCUT2D eigenvalue weighted by atomic mass is 16.5. The van der Waals surface area contributed by atoms with Crippen LogP contribution in [-0.4, -0.2) is 46.3 Å². The normalized spacial score (nSPS) is 17.5. The number of amides is 2. The summed E-state index contributed by atoms with van der Waals surface area (Å²) in [6.07, 6.45) is 5.60. The van der Waals surface area contributed by atoms with Gasteiger partial charge in [-0.3, -0.25) is 0 Å². The van der Waals surface area contributed by atoms with E-state index in [2.05, 4.69) is 46.1 Å². The van der Waals surface area contributed by atoms with E-state index >= 15 is 0 Å². The summed E-state index contributed by atoms with van der Waals surface area (Å²) < 4.78 is 7.56. The fourth-order valence-corrected chi connectivity index (χ4v) is 3.12. The molecule has 2 amide bonds. The smallest absolute Gasteiger partial charge is 0.318 e. The highest BCUT2D eigenvalue weighted by Crippen LogP contribution is 2.11. The number of urea groups is 1. The highest BCUT2D eigenvalue weighted by Gasteiger charge is 2.25. The molecule has 1 aromatic carbocycles. The molecule has 1 aromatic heterocycles. The number of imidazole rings is 1. The Kier molecular flexibility index (Phi) is 6.06. The number of nitrogens with zero attached hydrogens (tertiary/aromatic N) is 3. The third-order valence-corrected chi connectivity index (χ3v) is 4.64. The molecular formula is C19H26N4O2. The molecule has 1 aliphatic heterocycles. The van der Waals surface area contributed by atoms with Crippen LogP contribution in [0.1, 0.15) is 24.7 Å². The van der Waals surface area contributed by atoms with Gasteiger partial charge in [0.2, 0.25) is 0 Å². The van der Waals surface area contributed by atoms with E-state index in [-0.39, 0.29) is 12.1 Å². The minimum Gasteiger partial charge on any atom is -0.377 e. The first kappa shape index (κ1) is 17.5. The third kappa shape index (κ3) is 4.60. The number of morpholine rings is 1. The Hall–Kier alpha value is -2.34. The zero-order valence-electron chi connectivity index (χ0n) is 14.7. The Bertz CT molecular complexity index is 671. The molecule has 2 heterocycles. The van der Waals surface area contributed by atoms with Crippen molar-refractivity contribution in [3.8, 4) is 0 Å². The number of carbonyl (C=O) groups is 1. The SMILES string of the molecule is CCC1COCCN1C(=O)NCc1nccn1CCc1ccccc1. The quantitative estimate of drug-likeness (QED) is 0.877. The van der Waals surface area contributed by atoms with Crippen LogP contribution in [0.15, 0.2) is 42.7 Å². The van der Waals surface area contributed by atoms with Crippen LogP contribution >= 0.6 is 0 Å². The van der Waals surface area contributed by atoms with Gasteiger partial charge in [-0.05, 0) is 18.4 Å². The molecule has 1 saturated heterocycles. The summed E-state index contributed by atoms with van der Waals surface area (Å²) in [7, 11) is 0. The molecule has 6 heteroatoms. The predicted octanol–water partition coefficient (Wildman–Crippen LogP) is 2.45. The van der Waals surface area contributed by atoms with E-state index in [0.29, 0.717) is 26.3 Å². The molecule has 6 nitrogen and oxygen atoms in total. The van der Waals surface area contributed by atoms with E-state index in [9.17, 15) is 4.79 Å². The van der Waals surface area contributed by atoms with Gasteiger partial charge in [0, 0.05) is 25.5 Å². The second-order valence-electron chi connectivity index (χ2n) is 6.26. The van der Waals surface area contributed by atoms with Crippen LogP contribution in [0.2, 0.25) is 0 Å². The Morgan fingerprint density at radius 3 is 3.00 bits per heavy atom. The Morgan fingerprint density at radius 2 is 2.20 bits per heavy atom. The van der Waals surface area contributed by atoms with Gasteiger partial charge in [-0.15, -0.1) is 0 Å². The summed E-state index contributed by atoms with van der Waals surface area (Å²) in [4.78, 5) is 18.7. The zero-order chi connectivity index (χ0) is 17.5. The first-order valence-corrected chi connectivity index (χ1v) is 8.94. The van der Waals surface area contributed by atoms with Crippen LogP contribution in [0.3, 0.4) is 0 Å². The van der Waals surface area contributed by atoms with Crippen LogP contribution < -0.4 is 5.32 Å². The molecule has 1 unspecified atom stereocenters. The summed E-state index contributed by atoms with van der Waals surface area (Å²) >= 11 is 0. The van der Waals surface area contributed by atoms with Crippen molar-refractivity contribution in [2.45, 2.75) is 38.9 Å². The van der Waals surface area contributed by atoms with Gasteiger partial charge in [0.25, 0.3) is 0 Å². The lowest BCUT2D eigenvalue weighted by molar-refractivity contribution is 0.0112. The van der Waals surface area contributed by atoms with Gasteiger partial charge in [-0.25, -0.2) is 9.78 Å². The second kappa shape index (κ2) is 8.67. The molecule has 2 aromatic rings. The van der Waals surface area contributed by atoms with E-state index in [1.807, 2.05) is 17.2 Å². The third-order valence-electron chi connectivity index (χ3n) is 4.64. The van der Waals surface area contributed by atoms with E-state index in [1.165, 1.54) is 5.56 Å². The van der Waals surface area contributed by atoms with E-state index in [0.717, 1.165) is 25.2 Å². The van der Waals surface area contributed by atoms with Gasteiger partial charge in [0.05, 0.1) is 25.8 Å². The van der Waals surface area contributed by atoms with Gasteiger partial charge in [0.1, 0.15) is 5.82 Å².